The van der Waals surface area contributed by atoms with Crippen LogP contribution in [0.15, 0.2) is 23.8 Å². The Kier molecular flexibility index (Phi) is 42.5. The van der Waals surface area contributed by atoms with Gasteiger partial charge in [0.05, 0.1) is 0 Å². The minimum Gasteiger partial charge on any atom is -0.481 e. The number of carbonyl (C=O) groups is 2. The predicted molar refractivity (Wildman–Crippen MR) is 227 cm³/mol. The second-order valence-electron chi connectivity index (χ2n) is 16.1. The van der Waals surface area contributed by atoms with Crippen LogP contribution in [-0.2, 0) is 9.59 Å². The van der Waals surface area contributed by atoms with Gasteiger partial charge in [-0.05, 0) is 57.8 Å². The molecule has 0 saturated carbocycles. The fourth-order valence-corrected chi connectivity index (χ4v) is 7.45. The quantitative estimate of drug-likeness (QED) is 0.0372. The van der Waals surface area contributed by atoms with Crippen LogP contribution in [0, 0.1) is 0 Å². The molecule has 0 atom stereocenters. The lowest BCUT2D eigenvalue weighted by atomic mass is 10.0. The first-order valence-electron chi connectivity index (χ1n) is 23.4. The fourth-order valence-electron chi connectivity index (χ4n) is 7.45. The monoisotopic (exact) mass is 731 g/mol. The van der Waals surface area contributed by atoms with Crippen molar-refractivity contribution < 1.29 is 19.8 Å². The molecule has 0 heterocycles. The zero-order chi connectivity index (χ0) is 37.8. The molecule has 0 aliphatic carbocycles. The number of hydrogen-bond acceptors (Lipinski definition) is 2. The van der Waals surface area contributed by atoms with Gasteiger partial charge in [-0.2, -0.15) is 0 Å². The molecule has 0 aromatic rings. The molecule has 0 fully saturated rings. The van der Waals surface area contributed by atoms with Gasteiger partial charge in [0.1, 0.15) is 0 Å². The number of aliphatic carboxylic acids is 2. The van der Waals surface area contributed by atoms with E-state index >= 15 is 0 Å². The third kappa shape index (κ3) is 42.8. The smallest absolute Gasteiger partial charge is 0.331 e. The first kappa shape index (κ1) is 50.4. The highest BCUT2D eigenvalue weighted by atomic mass is 16.4. The van der Waals surface area contributed by atoms with Crippen molar-refractivity contribution in [3.8, 4) is 0 Å². The van der Waals surface area contributed by atoms with E-state index in [1.165, 1.54) is 205 Å². The van der Waals surface area contributed by atoms with Crippen LogP contribution in [0.3, 0.4) is 0 Å². The van der Waals surface area contributed by atoms with Crippen LogP contribution in [0.4, 0.5) is 0 Å². The SMILES string of the molecule is CCCCCCCCCCCCCCCCCCCCCC=C(CCCCCCCCCCCCCCC=CCCCCCCCC(=O)O)C(=O)O. The summed E-state index contributed by atoms with van der Waals surface area (Å²) in [6.07, 6.45) is 58.4. The molecular weight excluding hydrogens is 641 g/mol. The van der Waals surface area contributed by atoms with Crippen LogP contribution in [0.1, 0.15) is 270 Å². The van der Waals surface area contributed by atoms with Crippen molar-refractivity contribution in [2.75, 3.05) is 0 Å². The molecule has 4 nitrogen and oxygen atoms in total. The molecule has 306 valence electrons. The van der Waals surface area contributed by atoms with Gasteiger partial charge >= 0.3 is 11.9 Å². The van der Waals surface area contributed by atoms with Gasteiger partial charge in [0.2, 0.25) is 0 Å². The summed E-state index contributed by atoms with van der Waals surface area (Å²) in [5.74, 6) is -1.38. The molecule has 0 spiro atoms. The maximum atomic E-state index is 11.7. The molecule has 0 bridgehead atoms. The van der Waals surface area contributed by atoms with E-state index in [-0.39, 0.29) is 0 Å². The Balaban J connectivity index is 3.42. The van der Waals surface area contributed by atoms with Gasteiger partial charge < -0.3 is 10.2 Å². The molecular formula is C48H90O4. The van der Waals surface area contributed by atoms with Crippen molar-refractivity contribution in [3.05, 3.63) is 23.8 Å². The summed E-state index contributed by atoms with van der Waals surface area (Å²) in [6, 6.07) is 0. The van der Waals surface area contributed by atoms with Crippen molar-refractivity contribution in [1.29, 1.82) is 0 Å². The molecule has 0 saturated heterocycles. The number of unbranched alkanes of at least 4 members (excludes halogenated alkanes) is 36. The standard InChI is InChI=1S/C48H90O4/c1-2-3-4-5-6-7-8-9-10-11-12-16-19-22-25-28-31-34-37-40-43-46(48(51)52)44-41-38-35-32-29-26-23-20-17-14-13-15-18-21-24-27-30-33-36-39-42-45-47(49)50/h21,24,43H,2-20,22-23,25-42,44-45H2,1H3,(H,49,50)(H,51,52). The molecule has 2 N–H and O–H groups in total. The zero-order valence-electron chi connectivity index (χ0n) is 34.9. The topological polar surface area (TPSA) is 74.6 Å². The number of allylic oxidation sites excluding steroid dienone is 3. The molecule has 0 radical (unpaired) electrons. The van der Waals surface area contributed by atoms with E-state index < -0.39 is 11.9 Å². The van der Waals surface area contributed by atoms with E-state index in [2.05, 4.69) is 19.1 Å². The minimum absolute atomic E-state index is 0.317. The predicted octanol–water partition coefficient (Wildman–Crippen LogP) is 16.7. The van der Waals surface area contributed by atoms with Crippen molar-refractivity contribution in [3.63, 3.8) is 0 Å². The van der Waals surface area contributed by atoms with Crippen LogP contribution in [0.25, 0.3) is 0 Å². The number of hydrogen-bond donors (Lipinski definition) is 2. The van der Waals surface area contributed by atoms with E-state index in [0.29, 0.717) is 12.0 Å². The molecule has 0 rings (SSSR count). The van der Waals surface area contributed by atoms with Crippen LogP contribution < -0.4 is 0 Å². The first-order chi connectivity index (χ1) is 25.6. The van der Waals surface area contributed by atoms with Crippen molar-refractivity contribution in [2.45, 2.75) is 270 Å². The largest absolute Gasteiger partial charge is 0.481 e. The average Bonchev–Trinajstić information content (AvgIpc) is 3.13. The molecule has 0 amide bonds. The molecule has 0 aliphatic heterocycles. The van der Waals surface area contributed by atoms with Gasteiger partial charge in [-0.3, -0.25) is 4.79 Å². The lowest BCUT2D eigenvalue weighted by Gasteiger charge is -2.05. The van der Waals surface area contributed by atoms with E-state index in [1.807, 2.05) is 6.08 Å². The van der Waals surface area contributed by atoms with Gasteiger partial charge in [-0.25, -0.2) is 4.79 Å². The minimum atomic E-state index is -0.705. The summed E-state index contributed by atoms with van der Waals surface area (Å²) in [5, 5.41) is 18.3. The Morgan fingerprint density at radius 1 is 0.346 bits per heavy atom. The summed E-state index contributed by atoms with van der Waals surface area (Å²) in [5.41, 5.74) is 0.650. The fraction of sp³-hybridized carbons (Fsp3) is 0.875. The van der Waals surface area contributed by atoms with Gasteiger partial charge in [0.25, 0.3) is 0 Å². The Labute approximate surface area is 324 Å². The van der Waals surface area contributed by atoms with E-state index in [1.54, 1.807) is 0 Å². The molecule has 0 aromatic heterocycles. The van der Waals surface area contributed by atoms with E-state index in [4.69, 9.17) is 5.11 Å². The first-order valence-corrected chi connectivity index (χ1v) is 23.4. The van der Waals surface area contributed by atoms with Crippen LogP contribution in [0.5, 0.6) is 0 Å². The molecule has 4 heteroatoms. The Morgan fingerprint density at radius 3 is 0.923 bits per heavy atom. The normalized spacial score (nSPS) is 12.0. The molecule has 0 aliphatic rings. The van der Waals surface area contributed by atoms with Crippen molar-refractivity contribution >= 4 is 11.9 Å². The van der Waals surface area contributed by atoms with E-state index in [0.717, 1.165) is 51.4 Å². The lowest BCUT2D eigenvalue weighted by molar-refractivity contribution is -0.137. The highest BCUT2D eigenvalue weighted by Crippen LogP contribution is 2.18. The molecule has 0 aromatic carbocycles. The third-order valence-corrected chi connectivity index (χ3v) is 11.0. The van der Waals surface area contributed by atoms with Crippen molar-refractivity contribution in [1.82, 2.24) is 0 Å². The van der Waals surface area contributed by atoms with Gasteiger partial charge in [-0.1, -0.05) is 224 Å². The Hall–Kier alpha value is -1.58. The van der Waals surface area contributed by atoms with E-state index in [9.17, 15) is 14.7 Å². The summed E-state index contributed by atoms with van der Waals surface area (Å²) < 4.78 is 0. The van der Waals surface area contributed by atoms with Gasteiger partial charge in [-0.15, -0.1) is 0 Å². The van der Waals surface area contributed by atoms with Gasteiger partial charge in [0.15, 0.2) is 0 Å². The van der Waals surface area contributed by atoms with Crippen molar-refractivity contribution in [2.24, 2.45) is 0 Å². The third-order valence-electron chi connectivity index (χ3n) is 11.0. The summed E-state index contributed by atoms with van der Waals surface area (Å²) in [4.78, 5) is 22.2. The number of rotatable bonds is 44. The summed E-state index contributed by atoms with van der Waals surface area (Å²) in [7, 11) is 0. The number of carboxylic acids is 2. The second kappa shape index (κ2) is 43.8. The summed E-state index contributed by atoms with van der Waals surface area (Å²) in [6.45, 7) is 2.29. The van der Waals surface area contributed by atoms with Crippen LogP contribution in [-0.4, -0.2) is 22.2 Å². The lowest BCUT2D eigenvalue weighted by Crippen LogP contribution is -2.00. The zero-order valence-corrected chi connectivity index (χ0v) is 34.9. The highest BCUT2D eigenvalue weighted by molar-refractivity contribution is 5.86. The summed E-state index contributed by atoms with van der Waals surface area (Å²) >= 11 is 0. The number of carboxylic acid groups (broad SMARTS) is 2. The van der Waals surface area contributed by atoms with Crippen LogP contribution in [0.2, 0.25) is 0 Å². The Bertz CT molecular complexity index is 800. The second-order valence-corrected chi connectivity index (χ2v) is 16.1. The van der Waals surface area contributed by atoms with Gasteiger partial charge in [0, 0.05) is 12.0 Å². The average molecular weight is 731 g/mol. The maximum Gasteiger partial charge on any atom is 0.331 e. The highest BCUT2D eigenvalue weighted by Gasteiger charge is 2.06. The molecule has 52 heavy (non-hydrogen) atoms. The maximum absolute atomic E-state index is 11.7. The van der Waals surface area contributed by atoms with Crippen LogP contribution >= 0.6 is 0 Å². The Morgan fingerprint density at radius 2 is 0.615 bits per heavy atom. The molecule has 0 unspecified atom stereocenters.